The van der Waals surface area contributed by atoms with Gasteiger partial charge in [0.25, 0.3) is 0 Å². The Morgan fingerprint density at radius 3 is 2.20 bits per heavy atom. The number of hydrogen-bond acceptors (Lipinski definition) is 2. The summed E-state index contributed by atoms with van der Waals surface area (Å²) in [4.78, 5) is 0. The Hall–Kier alpha value is -2.85. The van der Waals surface area contributed by atoms with Crippen molar-refractivity contribution in [2.75, 3.05) is 0 Å². The van der Waals surface area contributed by atoms with Gasteiger partial charge in [0.15, 0.2) is 0 Å². The van der Waals surface area contributed by atoms with Crippen molar-refractivity contribution in [3.05, 3.63) is 89.4 Å². The van der Waals surface area contributed by atoms with Gasteiger partial charge in [0.2, 0.25) is 0 Å². The van der Waals surface area contributed by atoms with Gasteiger partial charge in [-0.1, -0.05) is 58.4 Å². The lowest BCUT2D eigenvalue weighted by Crippen LogP contribution is -1.99. The zero-order chi connectivity index (χ0) is 17.2. The molecule has 0 aliphatic heterocycles. The molecular weight excluding hydrogens is 376 g/mol. The second-order valence-corrected chi connectivity index (χ2v) is 6.60. The molecule has 0 saturated carbocycles. The van der Waals surface area contributed by atoms with Crippen LogP contribution < -0.4 is 0 Å². The predicted molar refractivity (Wildman–Crippen MR) is 104 cm³/mol. The van der Waals surface area contributed by atoms with Gasteiger partial charge in [-0.25, -0.2) is 4.68 Å². The predicted octanol–water partition coefficient (Wildman–Crippen LogP) is 5.67. The van der Waals surface area contributed by atoms with E-state index in [-0.39, 0.29) is 5.75 Å². The molecule has 4 rings (SSSR count). The molecule has 1 heterocycles. The molecule has 0 atom stereocenters. The minimum absolute atomic E-state index is 0.238. The molecule has 4 aromatic rings. The van der Waals surface area contributed by atoms with E-state index in [0.29, 0.717) is 0 Å². The molecule has 0 spiro atoms. The normalized spacial score (nSPS) is 10.8. The number of phenols is 1. The molecular formula is C21H15BrN2O. The molecule has 3 aromatic carbocycles. The molecule has 0 saturated heterocycles. The highest BCUT2D eigenvalue weighted by Crippen LogP contribution is 2.33. The van der Waals surface area contributed by atoms with Gasteiger partial charge in [-0.15, -0.1) is 0 Å². The van der Waals surface area contributed by atoms with E-state index in [2.05, 4.69) is 15.9 Å². The lowest BCUT2D eigenvalue weighted by atomic mass is 10.1. The highest BCUT2D eigenvalue weighted by atomic mass is 79.9. The van der Waals surface area contributed by atoms with Gasteiger partial charge in [-0.05, 0) is 42.5 Å². The minimum Gasteiger partial charge on any atom is -0.507 e. The van der Waals surface area contributed by atoms with Gasteiger partial charge in [-0.3, -0.25) is 0 Å². The standard InChI is InChI=1S/C21H15BrN2O/c22-16-12-10-15(11-13-16)19-14-20(18-8-4-5-9-21(18)25)24(23-19)17-6-2-1-3-7-17/h1-14,25H. The Morgan fingerprint density at radius 1 is 0.800 bits per heavy atom. The molecule has 0 amide bonds. The van der Waals surface area contributed by atoms with E-state index in [0.717, 1.165) is 32.7 Å². The van der Waals surface area contributed by atoms with Crippen LogP contribution in [0.5, 0.6) is 5.75 Å². The summed E-state index contributed by atoms with van der Waals surface area (Å²) < 4.78 is 2.89. The van der Waals surface area contributed by atoms with E-state index in [1.807, 2.05) is 83.5 Å². The summed E-state index contributed by atoms with van der Waals surface area (Å²) in [6.07, 6.45) is 0. The smallest absolute Gasteiger partial charge is 0.124 e. The van der Waals surface area contributed by atoms with Gasteiger partial charge in [0, 0.05) is 15.6 Å². The lowest BCUT2D eigenvalue weighted by molar-refractivity contribution is 0.477. The monoisotopic (exact) mass is 390 g/mol. The quantitative estimate of drug-likeness (QED) is 0.488. The third-order valence-corrected chi connectivity index (χ3v) is 4.56. The molecule has 0 radical (unpaired) electrons. The average molecular weight is 391 g/mol. The third kappa shape index (κ3) is 3.08. The number of para-hydroxylation sites is 2. The minimum atomic E-state index is 0.238. The van der Waals surface area contributed by atoms with Crippen LogP contribution in [0, 0.1) is 0 Å². The number of hydrogen-bond donors (Lipinski definition) is 1. The number of nitrogens with zero attached hydrogens (tertiary/aromatic N) is 2. The molecule has 0 bridgehead atoms. The Balaban J connectivity index is 1.92. The van der Waals surface area contributed by atoms with Crippen LogP contribution in [0.3, 0.4) is 0 Å². The molecule has 0 aliphatic carbocycles. The van der Waals surface area contributed by atoms with Crippen LogP contribution in [-0.4, -0.2) is 14.9 Å². The van der Waals surface area contributed by atoms with E-state index in [1.54, 1.807) is 6.07 Å². The van der Waals surface area contributed by atoms with Crippen LogP contribution >= 0.6 is 15.9 Å². The number of rotatable bonds is 3. The maximum absolute atomic E-state index is 10.3. The fraction of sp³-hybridized carbons (Fsp3) is 0. The molecule has 1 N–H and O–H groups in total. The Labute approximate surface area is 154 Å². The van der Waals surface area contributed by atoms with Crippen molar-refractivity contribution < 1.29 is 5.11 Å². The van der Waals surface area contributed by atoms with Crippen LogP contribution in [0.15, 0.2) is 89.4 Å². The zero-order valence-corrected chi connectivity index (χ0v) is 14.9. The first-order valence-electron chi connectivity index (χ1n) is 7.92. The molecule has 0 aliphatic rings. The van der Waals surface area contributed by atoms with E-state index in [9.17, 15) is 5.11 Å². The molecule has 122 valence electrons. The number of phenolic OH excluding ortho intramolecular Hbond substituents is 1. The fourth-order valence-electron chi connectivity index (χ4n) is 2.79. The van der Waals surface area contributed by atoms with Crippen molar-refractivity contribution in [3.8, 4) is 34.0 Å². The van der Waals surface area contributed by atoms with Crippen molar-refractivity contribution in [1.29, 1.82) is 0 Å². The second kappa shape index (κ2) is 6.57. The van der Waals surface area contributed by atoms with E-state index < -0.39 is 0 Å². The number of halogens is 1. The summed E-state index contributed by atoms with van der Waals surface area (Å²) in [7, 11) is 0. The maximum atomic E-state index is 10.3. The first kappa shape index (κ1) is 15.7. The molecule has 3 nitrogen and oxygen atoms in total. The number of aromatic hydroxyl groups is 1. The molecule has 0 fully saturated rings. The zero-order valence-electron chi connectivity index (χ0n) is 13.3. The van der Waals surface area contributed by atoms with Gasteiger partial charge in [0.05, 0.1) is 17.1 Å². The van der Waals surface area contributed by atoms with Crippen molar-refractivity contribution in [2.45, 2.75) is 0 Å². The SMILES string of the molecule is Oc1ccccc1-c1cc(-c2ccc(Br)cc2)nn1-c1ccccc1. The number of aromatic nitrogens is 2. The maximum Gasteiger partial charge on any atom is 0.124 e. The first-order valence-corrected chi connectivity index (χ1v) is 8.71. The number of benzene rings is 3. The highest BCUT2D eigenvalue weighted by molar-refractivity contribution is 9.10. The van der Waals surface area contributed by atoms with Crippen molar-refractivity contribution in [3.63, 3.8) is 0 Å². The molecule has 4 heteroatoms. The Bertz CT molecular complexity index is 1010. The summed E-state index contributed by atoms with van der Waals surface area (Å²) in [5.74, 6) is 0.238. The molecule has 0 unspecified atom stereocenters. The van der Waals surface area contributed by atoms with Gasteiger partial charge < -0.3 is 5.11 Å². The highest BCUT2D eigenvalue weighted by Gasteiger charge is 2.15. The van der Waals surface area contributed by atoms with Crippen LogP contribution in [0.25, 0.3) is 28.2 Å². The van der Waals surface area contributed by atoms with Crippen molar-refractivity contribution in [1.82, 2.24) is 9.78 Å². The van der Waals surface area contributed by atoms with Crippen LogP contribution in [0.1, 0.15) is 0 Å². The topological polar surface area (TPSA) is 38.1 Å². The van der Waals surface area contributed by atoms with Crippen LogP contribution in [-0.2, 0) is 0 Å². The first-order chi connectivity index (χ1) is 12.2. The summed E-state index contributed by atoms with van der Waals surface area (Å²) in [5, 5.41) is 15.1. The Kier molecular flexibility index (Phi) is 4.12. The van der Waals surface area contributed by atoms with Crippen molar-refractivity contribution in [2.24, 2.45) is 0 Å². The molecule has 25 heavy (non-hydrogen) atoms. The van der Waals surface area contributed by atoms with E-state index in [1.165, 1.54) is 0 Å². The fourth-order valence-corrected chi connectivity index (χ4v) is 3.06. The van der Waals surface area contributed by atoms with Gasteiger partial charge in [0.1, 0.15) is 5.75 Å². The van der Waals surface area contributed by atoms with Crippen molar-refractivity contribution >= 4 is 15.9 Å². The summed E-state index contributed by atoms with van der Waals surface area (Å²) >= 11 is 3.46. The van der Waals surface area contributed by atoms with E-state index in [4.69, 9.17) is 5.10 Å². The average Bonchev–Trinajstić information content (AvgIpc) is 3.08. The summed E-state index contributed by atoms with van der Waals surface area (Å²) in [5.41, 5.74) is 4.43. The van der Waals surface area contributed by atoms with Crippen LogP contribution in [0.2, 0.25) is 0 Å². The largest absolute Gasteiger partial charge is 0.507 e. The van der Waals surface area contributed by atoms with E-state index >= 15 is 0 Å². The third-order valence-electron chi connectivity index (χ3n) is 4.03. The summed E-state index contributed by atoms with van der Waals surface area (Å²) in [6, 6.07) is 27.3. The second-order valence-electron chi connectivity index (χ2n) is 5.69. The summed E-state index contributed by atoms with van der Waals surface area (Å²) in [6.45, 7) is 0. The molecule has 1 aromatic heterocycles. The Morgan fingerprint density at radius 2 is 1.48 bits per heavy atom. The van der Waals surface area contributed by atoms with Gasteiger partial charge >= 0.3 is 0 Å². The van der Waals surface area contributed by atoms with Gasteiger partial charge in [-0.2, -0.15) is 5.10 Å². The lowest BCUT2D eigenvalue weighted by Gasteiger charge is -2.08. The van der Waals surface area contributed by atoms with Crippen LogP contribution in [0.4, 0.5) is 0 Å².